The summed E-state index contributed by atoms with van der Waals surface area (Å²) in [5.74, 6) is 0.636. The fourth-order valence-electron chi connectivity index (χ4n) is 2.97. The predicted octanol–water partition coefficient (Wildman–Crippen LogP) is 2.03. The summed E-state index contributed by atoms with van der Waals surface area (Å²) in [4.78, 5) is 32.3. The number of amides is 2. The van der Waals surface area contributed by atoms with Crippen LogP contribution in [-0.4, -0.2) is 61.6 Å². The van der Waals surface area contributed by atoms with Gasteiger partial charge in [0.05, 0.1) is 11.9 Å². The second-order valence-electron chi connectivity index (χ2n) is 6.44. The number of nitrogens with one attached hydrogen (secondary N) is 1. The number of hydrogen-bond acceptors (Lipinski definition) is 5. The lowest BCUT2D eigenvalue weighted by molar-refractivity contribution is -0.135. The van der Waals surface area contributed by atoms with E-state index in [-0.39, 0.29) is 18.4 Å². The maximum Gasteiger partial charge on any atom is 0.248 e. The van der Waals surface area contributed by atoms with Crippen molar-refractivity contribution in [1.82, 2.24) is 9.88 Å². The van der Waals surface area contributed by atoms with Crippen molar-refractivity contribution in [2.75, 3.05) is 50.1 Å². The average Bonchev–Trinajstić information content (AvgIpc) is 2.74. The van der Waals surface area contributed by atoms with Crippen LogP contribution >= 0.6 is 0 Å². The van der Waals surface area contributed by atoms with Gasteiger partial charge in [0.2, 0.25) is 11.8 Å². The Bertz CT molecular complexity index is 813. The fraction of sp³-hybridized carbons (Fsp3) is 0.286. The first kappa shape index (κ1) is 19.6. The summed E-state index contributed by atoms with van der Waals surface area (Å²) in [5, 5.41) is 2.80. The zero-order valence-electron chi connectivity index (χ0n) is 15.9. The van der Waals surface area contributed by atoms with Crippen molar-refractivity contribution in [3.8, 4) is 0 Å². The van der Waals surface area contributed by atoms with Gasteiger partial charge in [-0.05, 0) is 23.8 Å². The predicted molar refractivity (Wildman–Crippen MR) is 109 cm³/mol. The van der Waals surface area contributed by atoms with Gasteiger partial charge in [-0.1, -0.05) is 30.3 Å². The molecule has 1 aliphatic heterocycles. The van der Waals surface area contributed by atoms with Gasteiger partial charge < -0.3 is 19.9 Å². The van der Waals surface area contributed by atoms with Crippen LogP contribution < -0.4 is 10.2 Å². The van der Waals surface area contributed by atoms with Gasteiger partial charge in [-0.15, -0.1) is 0 Å². The number of piperazine rings is 1. The molecule has 2 aromatic rings. The molecule has 1 aliphatic rings. The van der Waals surface area contributed by atoms with Crippen LogP contribution in [0.5, 0.6) is 0 Å². The van der Waals surface area contributed by atoms with E-state index in [1.807, 2.05) is 42.5 Å². The molecular formula is C21H24N4O3. The Balaban J connectivity index is 1.50. The van der Waals surface area contributed by atoms with Crippen molar-refractivity contribution >= 4 is 29.4 Å². The number of hydrogen-bond donors (Lipinski definition) is 1. The SMILES string of the molecule is COCC(=O)N1CCN(c2ccc(NC(=O)/C=C/c3ccccc3)cn2)CC1. The van der Waals surface area contributed by atoms with Gasteiger partial charge in [0, 0.05) is 39.4 Å². The summed E-state index contributed by atoms with van der Waals surface area (Å²) in [7, 11) is 1.52. The van der Waals surface area contributed by atoms with Gasteiger partial charge in [-0.2, -0.15) is 0 Å². The first-order chi connectivity index (χ1) is 13.7. The van der Waals surface area contributed by atoms with E-state index >= 15 is 0 Å². The van der Waals surface area contributed by atoms with Gasteiger partial charge in [0.15, 0.2) is 0 Å². The fourth-order valence-corrected chi connectivity index (χ4v) is 2.97. The molecule has 1 fully saturated rings. The number of pyridine rings is 1. The summed E-state index contributed by atoms with van der Waals surface area (Å²) in [6.45, 7) is 2.84. The number of ether oxygens (including phenoxy) is 1. The van der Waals surface area contributed by atoms with Crippen molar-refractivity contribution < 1.29 is 14.3 Å². The number of nitrogens with zero attached hydrogens (tertiary/aromatic N) is 3. The minimum atomic E-state index is -0.205. The Morgan fingerprint density at radius 1 is 1.11 bits per heavy atom. The van der Waals surface area contributed by atoms with E-state index in [0.29, 0.717) is 31.9 Å². The van der Waals surface area contributed by atoms with E-state index in [1.54, 1.807) is 17.2 Å². The molecule has 146 valence electrons. The molecule has 0 aliphatic carbocycles. The molecule has 0 atom stereocenters. The Morgan fingerprint density at radius 2 is 1.86 bits per heavy atom. The van der Waals surface area contributed by atoms with E-state index in [0.717, 1.165) is 11.4 Å². The maximum absolute atomic E-state index is 12.0. The molecule has 1 aromatic heterocycles. The Hall–Kier alpha value is -3.19. The lowest BCUT2D eigenvalue weighted by atomic mass is 10.2. The lowest BCUT2D eigenvalue weighted by Gasteiger charge is -2.35. The molecule has 0 unspecified atom stereocenters. The quantitative estimate of drug-likeness (QED) is 0.776. The van der Waals surface area contributed by atoms with Crippen LogP contribution in [0, 0.1) is 0 Å². The summed E-state index contributed by atoms with van der Waals surface area (Å²) in [6.07, 6.45) is 4.91. The number of anilines is 2. The average molecular weight is 380 g/mol. The first-order valence-corrected chi connectivity index (χ1v) is 9.17. The van der Waals surface area contributed by atoms with Gasteiger partial charge >= 0.3 is 0 Å². The second kappa shape index (κ2) is 9.66. The number of carbonyl (C=O) groups is 2. The van der Waals surface area contributed by atoms with E-state index < -0.39 is 0 Å². The van der Waals surface area contributed by atoms with E-state index in [4.69, 9.17) is 4.74 Å². The maximum atomic E-state index is 12.0. The smallest absolute Gasteiger partial charge is 0.248 e. The zero-order valence-corrected chi connectivity index (χ0v) is 15.9. The molecule has 0 radical (unpaired) electrons. The molecule has 7 nitrogen and oxygen atoms in total. The summed E-state index contributed by atoms with van der Waals surface area (Å²) >= 11 is 0. The number of benzene rings is 1. The van der Waals surface area contributed by atoms with E-state index in [9.17, 15) is 9.59 Å². The summed E-state index contributed by atoms with van der Waals surface area (Å²) in [6, 6.07) is 13.4. The highest BCUT2D eigenvalue weighted by Crippen LogP contribution is 2.16. The topological polar surface area (TPSA) is 74.8 Å². The molecule has 7 heteroatoms. The third kappa shape index (κ3) is 5.40. The molecule has 1 aromatic carbocycles. The van der Waals surface area contributed by atoms with Crippen molar-refractivity contribution in [2.45, 2.75) is 0 Å². The van der Waals surface area contributed by atoms with Crippen LogP contribution in [0.4, 0.5) is 11.5 Å². The van der Waals surface area contributed by atoms with Crippen molar-refractivity contribution in [1.29, 1.82) is 0 Å². The molecule has 1 saturated heterocycles. The zero-order chi connectivity index (χ0) is 19.8. The molecule has 0 bridgehead atoms. The minimum Gasteiger partial charge on any atom is -0.375 e. The Kier molecular flexibility index (Phi) is 6.75. The lowest BCUT2D eigenvalue weighted by Crippen LogP contribution is -2.49. The molecule has 3 rings (SSSR count). The van der Waals surface area contributed by atoms with Gasteiger partial charge in [-0.3, -0.25) is 9.59 Å². The third-order valence-corrected chi connectivity index (χ3v) is 4.47. The standard InChI is InChI=1S/C21H24N4O3/c1-28-16-21(27)25-13-11-24(12-14-25)19-9-8-18(15-22-19)23-20(26)10-7-17-5-3-2-4-6-17/h2-10,15H,11-14,16H2,1H3,(H,23,26)/b10-7+. The highest BCUT2D eigenvalue weighted by atomic mass is 16.5. The number of carbonyl (C=O) groups excluding carboxylic acids is 2. The van der Waals surface area contributed by atoms with Crippen LogP contribution in [0.15, 0.2) is 54.7 Å². The Labute approximate surface area is 164 Å². The monoisotopic (exact) mass is 380 g/mol. The second-order valence-corrected chi connectivity index (χ2v) is 6.44. The van der Waals surface area contributed by atoms with Gasteiger partial charge in [-0.25, -0.2) is 4.98 Å². The molecule has 0 saturated carbocycles. The highest BCUT2D eigenvalue weighted by molar-refractivity contribution is 6.01. The van der Waals surface area contributed by atoms with Crippen LogP contribution in [0.3, 0.4) is 0 Å². The van der Waals surface area contributed by atoms with Crippen molar-refractivity contribution in [3.63, 3.8) is 0 Å². The van der Waals surface area contributed by atoms with Crippen LogP contribution in [0.25, 0.3) is 6.08 Å². The van der Waals surface area contributed by atoms with Gasteiger partial charge in [0.1, 0.15) is 12.4 Å². The number of methoxy groups -OCH3 is 1. The van der Waals surface area contributed by atoms with Crippen LogP contribution in [0.2, 0.25) is 0 Å². The van der Waals surface area contributed by atoms with Crippen molar-refractivity contribution in [2.24, 2.45) is 0 Å². The van der Waals surface area contributed by atoms with Crippen LogP contribution in [0.1, 0.15) is 5.56 Å². The van der Waals surface area contributed by atoms with Crippen molar-refractivity contribution in [3.05, 3.63) is 60.3 Å². The molecule has 2 amide bonds. The van der Waals surface area contributed by atoms with Crippen LogP contribution in [-0.2, 0) is 14.3 Å². The third-order valence-electron chi connectivity index (χ3n) is 4.47. The molecule has 2 heterocycles. The van der Waals surface area contributed by atoms with Gasteiger partial charge in [0.25, 0.3) is 0 Å². The van der Waals surface area contributed by atoms with E-state index in [2.05, 4.69) is 15.2 Å². The molecule has 28 heavy (non-hydrogen) atoms. The molecular weight excluding hydrogens is 356 g/mol. The number of aromatic nitrogens is 1. The summed E-state index contributed by atoms with van der Waals surface area (Å²) in [5.41, 5.74) is 1.61. The highest BCUT2D eigenvalue weighted by Gasteiger charge is 2.21. The minimum absolute atomic E-state index is 0.0109. The summed E-state index contributed by atoms with van der Waals surface area (Å²) < 4.78 is 4.90. The first-order valence-electron chi connectivity index (χ1n) is 9.17. The van der Waals surface area contributed by atoms with E-state index in [1.165, 1.54) is 13.2 Å². The normalized spacial score (nSPS) is 14.3. The largest absolute Gasteiger partial charge is 0.375 e. The molecule has 1 N–H and O–H groups in total. The Morgan fingerprint density at radius 3 is 2.50 bits per heavy atom. The number of rotatable bonds is 6. The molecule has 0 spiro atoms.